The van der Waals surface area contributed by atoms with Crippen LogP contribution in [-0.4, -0.2) is 46.0 Å². The molecule has 1 aromatic heterocycles. The number of piperidine rings is 1. The number of carbonyl (C=O) groups is 1. The fraction of sp³-hybridized carbons (Fsp3) is 0.667. The first-order valence-electron chi connectivity index (χ1n) is 7.40. The minimum atomic E-state index is 0.123. The summed E-state index contributed by atoms with van der Waals surface area (Å²) < 4.78 is 6.90. The number of nitrogens with zero attached hydrogens (tertiary/aromatic N) is 4. The van der Waals surface area contributed by atoms with Gasteiger partial charge in [0.15, 0.2) is 0 Å². The summed E-state index contributed by atoms with van der Waals surface area (Å²) in [5.74, 6) is 0.559. The molecule has 2 heterocycles. The van der Waals surface area contributed by atoms with Gasteiger partial charge in [-0.2, -0.15) is 0 Å². The van der Waals surface area contributed by atoms with Gasteiger partial charge in [-0.1, -0.05) is 10.8 Å². The van der Waals surface area contributed by atoms with Crippen molar-refractivity contribution < 1.29 is 9.53 Å². The van der Waals surface area contributed by atoms with Crippen molar-refractivity contribution in [2.45, 2.75) is 39.8 Å². The molecule has 0 aromatic carbocycles. The molecule has 0 saturated carbocycles. The van der Waals surface area contributed by atoms with Crippen LogP contribution < -0.4 is 0 Å². The normalized spacial score (nSPS) is 18.6. The molecule has 1 aliphatic heterocycles. The molecule has 21 heavy (non-hydrogen) atoms. The van der Waals surface area contributed by atoms with Gasteiger partial charge in [-0.25, -0.2) is 0 Å². The number of hydrogen-bond donors (Lipinski definition) is 0. The van der Waals surface area contributed by atoms with Crippen molar-refractivity contribution in [1.29, 1.82) is 0 Å². The van der Waals surface area contributed by atoms with Crippen LogP contribution in [0, 0.1) is 5.92 Å². The Morgan fingerprint density at radius 1 is 1.52 bits per heavy atom. The quantitative estimate of drug-likeness (QED) is 0.774. The van der Waals surface area contributed by atoms with Gasteiger partial charge in [-0.15, -0.1) is 5.10 Å². The number of methoxy groups -OCH3 is 1. The summed E-state index contributed by atoms with van der Waals surface area (Å²) in [6.07, 6.45) is 5.81. The van der Waals surface area contributed by atoms with Gasteiger partial charge in [0.2, 0.25) is 5.91 Å². The summed E-state index contributed by atoms with van der Waals surface area (Å²) in [5.41, 5.74) is 1.88. The molecule has 0 spiro atoms. The van der Waals surface area contributed by atoms with E-state index in [1.807, 2.05) is 29.6 Å². The topological polar surface area (TPSA) is 60.2 Å². The Kier molecular flexibility index (Phi) is 5.50. The molecule has 1 atom stereocenters. The molecule has 0 aliphatic carbocycles. The lowest BCUT2D eigenvalue weighted by atomic mass is 9.98. The summed E-state index contributed by atoms with van der Waals surface area (Å²) in [6, 6.07) is 0. The lowest BCUT2D eigenvalue weighted by Gasteiger charge is -2.32. The van der Waals surface area contributed by atoms with Crippen molar-refractivity contribution in [2.24, 2.45) is 5.92 Å². The number of aromatic nitrogens is 3. The highest BCUT2D eigenvalue weighted by Crippen LogP contribution is 2.18. The van der Waals surface area contributed by atoms with Crippen LogP contribution in [0.15, 0.2) is 17.8 Å². The van der Waals surface area contributed by atoms with Gasteiger partial charge in [0, 0.05) is 32.8 Å². The van der Waals surface area contributed by atoms with Crippen LogP contribution in [-0.2, 0) is 22.7 Å². The van der Waals surface area contributed by atoms with E-state index in [1.165, 1.54) is 0 Å². The van der Waals surface area contributed by atoms with Crippen molar-refractivity contribution in [3.8, 4) is 0 Å². The molecule has 0 radical (unpaired) electrons. The summed E-state index contributed by atoms with van der Waals surface area (Å²) >= 11 is 0. The van der Waals surface area contributed by atoms with E-state index in [9.17, 15) is 4.79 Å². The molecule has 0 bridgehead atoms. The lowest BCUT2D eigenvalue weighted by molar-refractivity contribution is -0.127. The van der Waals surface area contributed by atoms with Crippen molar-refractivity contribution in [3.63, 3.8) is 0 Å². The van der Waals surface area contributed by atoms with E-state index in [-0.39, 0.29) is 5.91 Å². The van der Waals surface area contributed by atoms with Crippen molar-refractivity contribution in [3.05, 3.63) is 23.5 Å². The summed E-state index contributed by atoms with van der Waals surface area (Å²) in [5, 5.41) is 8.18. The van der Waals surface area contributed by atoms with Gasteiger partial charge in [0.25, 0.3) is 0 Å². The Morgan fingerprint density at radius 2 is 2.33 bits per heavy atom. The van der Waals surface area contributed by atoms with Gasteiger partial charge >= 0.3 is 0 Å². The third-order valence-corrected chi connectivity index (χ3v) is 3.57. The third-order valence-electron chi connectivity index (χ3n) is 3.57. The maximum absolute atomic E-state index is 12.1. The summed E-state index contributed by atoms with van der Waals surface area (Å²) in [4.78, 5) is 14.0. The highest BCUT2D eigenvalue weighted by molar-refractivity contribution is 5.88. The van der Waals surface area contributed by atoms with Crippen LogP contribution in [0.3, 0.4) is 0 Å². The zero-order chi connectivity index (χ0) is 15.2. The van der Waals surface area contributed by atoms with Crippen LogP contribution in [0.25, 0.3) is 0 Å². The van der Waals surface area contributed by atoms with Gasteiger partial charge < -0.3 is 9.64 Å². The second-order valence-electron chi connectivity index (χ2n) is 5.88. The highest BCUT2D eigenvalue weighted by atomic mass is 16.5. The molecule has 0 N–H and O–H groups in total. The average molecular weight is 292 g/mol. The number of carbonyl (C=O) groups excluding carboxylic acids is 1. The molecular formula is C15H24N4O2. The molecule has 1 unspecified atom stereocenters. The van der Waals surface area contributed by atoms with Gasteiger partial charge in [-0.05, 0) is 32.6 Å². The molecule has 116 valence electrons. The molecule has 1 aromatic rings. The number of amides is 1. The maximum atomic E-state index is 12.1. The second-order valence-corrected chi connectivity index (χ2v) is 5.88. The van der Waals surface area contributed by atoms with E-state index in [2.05, 4.69) is 10.3 Å². The van der Waals surface area contributed by atoms with E-state index < -0.39 is 0 Å². The highest BCUT2D eigenvalue weighted by Gasteiger charge is 2.23. The van der Waals surface area contributed by atoms with Crippen molar-refractivity contribution in [1.82, 2.24) is 19.9 Å². The summed E-state index contributed by atoms with van der Waals surface area (Å²) in [7, 11) is 1.65. The Labute approximate surface area is 125 Å². The fourth-order valence-corrected chi connectivity index (χ4v) is 2.66. The molecule has 1 saturated heterocycles. The van der Waals surface area contributed by atoms with Gasteiger partial charge in [0.05, 0.1) is 12.8 Å². The number of likely N-dealkylation sites (tertiary alicyclic amines) is 1. The van der Waals surface area contributed by atoms with Crippen LogP contribution in [0.2, 0.25) is 0 Å². The van der Waals surface area contributed by atoms with E-state index in [1.54, 1.807) is 13.2 Å². The number of allylic oxidation sites excluding steroid dienone is 1. The standard InChI is InChI=1S/C15H24N4O2/c1-12(2)7-15(20)18-6-4-5-13(8-18)9-19-10-14(11-21-3)16-17-19/h7,10,13H,4-6,8-9,11H2,1-3H3. The SMILES string of the molecule is COCc1cn(CC2CCCN(C(=O)C=C(C)C)C2)nn1. The minimum Gasteiger partial charge on any atom is -0.378 e. The smallest absolute Gasteiger partial charge is 0.246 e. The largest absolute Gasteiger partial charge is 0.378 e. The zero-order valence-electron chi connectivity index (χ0n) is 13.1. The Balaban J connectivity index is 1.91. The molecule has 6 nitrogen and oxygen atoms in total. The van der Waals surface area contributed by atoms with Crippen LogP contribution in [0.4, 0.5) is 0 Å². The van der Waals surface area contributed by atoms with Gasteiger partial charge in [-0.3, -0.25) is 9.48 Å². The lowest BCUT2D eigenvalue weighted by Crippen LogP contribution is -2.40. The molecule has 2 rings (SSSR count). The monoisotopic (exact) mass is 292 g/mol. The second kappa shape index (κ2) is 7.36. The fourth-order valence-electron chi connectivity index (χ4n) is 2.66. The van der Waals surface area contributed by atoms with Crippen molar-refractivity contribution >= 4 is 5.91 Å². The Hall–Kier alpha value is -1.69. The third kappa shape index (κ3) is 4.67. The minimum absolute atomic E-state index is 0.123. The van der Waals surface area contributed by atoms with E-state index in [0.29, 0.717) is 12.5 Å². The molecule has 1 fully saturated rings. The number of ether oxygens (including phenoxy) is 1. The van der Waals surface area contributed by atoms with E-state index >= 15 is 0 Å². The Morgan fingerprint density at radius 3 is 3.05 bits per heavy atom. The molecule has 6 heteroatoms. The van der Waals surface area contributed by atoms with Crippen LogP contribution in [0.5, 0.6) is 0 Å². The van der Waals surface area contributed by atoms with Crippen LogP contribution in [0.1, 0.15) is 32.4 Å². The predicted molar refractivity (Wildman–Crippen MR) is 79.5 cm³/mol. The van der Waals surface area contributed by atoms with E-state index in [4.69, 9.17) is 4.74 Å². The summed E-state index contributed by atoms with van der Waals surface area (Å²) in [6.45, 7) is 6.83. The number of hydrogen-bond acceptors (Lipinski definition) is 4. The first-order valence-corrected chi connectivity index (χ1v) is 7.40. The van der Waals surface area contributed by atoms with E-state index in [0.717, 1.165) is 43.7 Å². The van der Waals surface area contributed by atoms with Gasteiger partial charge in [0.1, 0.15) is 5.69 Å². The first-order chi connectivity index (χ1) is 10.1. The predicted octanol–water partition coefficient (Wildman–Crippen LogP) is 1.63. The Bertz CT molecular complexity index is 506. The maximum Gasteiger partial charge on any atom is 0.246 e. The zero-order valence-corrected chi connectivity index (χ0v) is 13.1. The van der Waals surface area contributed by atoms with Crippen molar-refractivity contribution in [2.75, 3.05) is 20.2 Å². The van der Waals surface area contributed by atoms with Crippen LogP contribution >= 0.6 is 0 Å². The first kappa shape index (κ1) is 15.7. The molecular weight excluding hydrogens is 268 g/mol. The molecule has 1 aliphatic rings. The average Bonchev–Trinajstić information content (AvgIpc) is 2.86. The number of rotatable bonds is 5. The molecule has 1 amide bonds.